The number of aryl methyl sites for hydroxylation is 4. The van der Waals surface area contributed by atoms with Gasteiger partial charge in [0.1, 0.15) is 5.69 Å². The number of nitrogens with one attached hydrogen (secondary N) is 3. The number of hydrogen-bond donors (Lipinski definition) is 3. The number of anilines is 3. The van der Waals surface area contributed by atoms with Gasteiger partial charge in [0, 0.05) is 6.07 Å². The number of pyridine rings is 1. The van der Waals surface area contributed by atoms with Crippen molar-refractivity contribution in [2.24, 2.45) is 0 Å². The third kappa shape index (κ3) is 5.26. The first-order valence-electron chi connectivity index (χ1n) is 8.38. The summed E-state index contributed by atoms with van der Waals surface area (Å²) in [5.41, 5.74) is 12.5. The van der Waals surface area contributed by atoms with Gasteiger partial charge in [0.05, 0.1) is 13.2 Å². The minimum Gasteiger partial charge on any atom is -1.00 e. The molecule has 0 spiro atoms. The highest BCUT2D eigenvalue weighted by Gasteiger charge is 2.15. The van der Waals surface area contributed by atoms with Gasteiger partial charge in [-0.1, -0.05) is 17.7 Å². The lowest BCUT2D eigenvalue weighted by molar-refractivity contribution is -0.342. The topological polar surface area (TPSA) is 90.5 Å². The van der Waals surface area contributed by atoms with Gasteiger partial charge in [-0.3, -0.25) is 5.32 Å². The molecule has 0 atom stereocenters. The minimum absolute atomic E-state index is 0. The Bertz CT molecular complexity index is 747. The molecule has 7 heteroatoms. The molecule has 5 N–H and O–H groups in total. The largest absolute Gasteiger partial charge is 1.00 e. The number of H-pyrrole nitrogens is 1. The van der Waals surface area contributed by atoms with Crippen molar-refractivity contribution in [1.29, 1.82) is 0 Å². The molecule has 0 radical (unpaired) electrons. The normalized spacial score (nSPS) is 10.0. The Hall–Kier alpha value is -2.47. The van der Waals surface area contributed by atoms with E-state index in [9.17, 15) is 4.79 Å². The smallest absolute Gasteiger partial charge is 0.411 e. The Labute approximate surface area is 160 Å². The van der Waals surface area contributed by atoms with E-state index in [1.807, 2.05) is 13.0 Å². The fraction of sp³-hybridized carbons (Fsp3) is 0.368. The molecule has 6 nitrogen and oxygen atoms in total. The summed E-state index contributed by atoms with van der Waals surface area (Å²) in [4.78, 5) is 14.7. The second-order valence-electron chi connectivity index (χ2n) is 6.23. The van der Waals surface area contributed by atoms with Crippen molar-refractivity contribution >= 4 is 23.4 Å². The van der Waals surface area contributed by atoms with E-state index in [-0.39, 0.29) is 12.4 Å². The molecule has 26 heavy (non-hydrogen) atoms. The molecule has 1 aromatic heterocycles. The van der Waals surface area contributed by atoms with Crippen LogP contribution in [0.2, 0.25) is 0 Å². The van der Waals surface area contributed by atoms with E-state index in [1.165, 1.54) is 22.3 Å². The highest BCUT2D eigenvalue weighted by molar-refractivity contribution is 5.88. The van der Waals surface area contributed by atoms with E-state index in [4.69, 9.17) is 10.5 Å². The van der Waals surface area contributed by atoms with Crippen LogP contribution in [0.25, 0.3) is 0 Å². The summed E-state index contributed by atoms with van der Waals surface area (Å²) in [6.07, 6.45) is -0.516. The summed E-state index contributed by atoms with van der Waals surface area (Å²) in [5.74, 6) is 1.18. The number of carbonyl (C=O) groups is 1. The molecule has 0 unspecified atom stereocenters. The van der Waals surface area contributed by atoms with Crippen molar-refractivity contribution < 1.29 is 26.9 Å². The Morgan fingerprint density at radius 2 is 1.73 bits per heavy atom. The van der Waals surface area contributed by atoms with Crippen molar-refractivity contribution in [3.8, 4) is 0 Å². The first kappa shape index (κ1) is 21.6. The quantitative estimate of drug-likeness (QED) is 0.706. The first-order valence-corrected chi connectivity index (χ1v) is 8.38. The molecular formula is C19H27ClN4O2. The molecule has 0 saturated carbocycles. The lowest BCUT2D eigenvalue weighted by Crippen LogP contribution is -3.00. The molecule has 1 amide bonds. The van der Waals surface area contributed by atoms with Crippen LogP contribution in [0.4, 0.5) is 22.1 Å². The van der Waals surface area contributed by atoms with Gasteiger partial charge >= 0.3 is 6.09 Å². The van der Waals surface area contributed by atoms with Gasteiger partial charge in [-0.25, -0.2) is 9.78 Å². The summed E-state index contributed by atoms with van der Waals surface area (Å²) in [5, 5.41) is 6.03. The van der Waals surface area contributed by atoms with Crippen molar-refractivity contribution in [3.05, 3.63) is 46.0 Å². The Morgan fingerprint density at radius 1 is 1.12 bits per heavy atom. The van der Waals surface area contributed by atoms with Crippen LogP contribution in [-0.2, 0) is 11.3 Å². The number of carbonyl (C=O) groups excluding carboxylic acids is 1. The number of halogens is 1. The molecule has 0 saturated heterocycles. The van der Waals surface area contributed by atoms with Crippen LogP contribution in [0.15, 0.2) is 18.2 Å². The third-order valence-corrected chi connectivity index (χ3v) is 4.09. The van der Waals surface area contributed by atoms with E-state index >= 15 is 0 Å². The maximum atomic E-state index is 11.6. The molecule has 0 bridgehead atoms. The van der Waals surface area contributed by atoms with Gasteiger partial charge in [0.2, 0.25) is 11.6 Å². The monoisotopic (exact) mass is 378 g/mol. The second-order valence-corrected chi connectivity index (χ2v) is 6.23. The summed E-state index contributed by atoms with van der Waals surface area (Å²) in [7, 11) is 0. The maximum Gasteiger partial charge on any atom is 0.411 e. The molecule has 1 aromatic carbocycles. The average Bonchev–Trinajstić information content (AvgIpc) is 2.50. The first-order chi connectivity index (χ1) is 11.8. The zero-order chi connectivity index (χ0) is 18.6. The summed E-state index contributed by atoms with van der Waals surface area (Å²) in [6.45, 7) is 11.0. The van der Waals surface area contributed by atoms with Gasteiger partial charge < -0.3 is 28.2 Å². The molecule has 0 fully saturated rings. The number of benzene rings is 1. The SMILES string of the molecule is CCOC(=O)Nc1c(C)cc(NCc2c(C)cc(C)cc2C)[nH+]c1N.[Cl-]. The lowest BCUT2D eigenvalue weighted by Gasteiger charge is -2.13. The fourth-order valence-electron chi connectivity index (χ4n) is 2.95. The van der Waals surface area contributed by atoms with Gasteiger partial charge in [0.15, 0.2) is 0 Å². The van der Waals surface area contributed by atoms with Gasteiger partial charge in [-0.15, -0.1) is 0 Å². The van der Waals surface area contributed by atoms with Crippen molar-refractivity contribution in [2.75, 3.05) is 23.0 Å². The molecule has 2 rings (SSSR count). The molecular weight excluding hydrogens is 352 g/mol. The van der Waals surface area contributed by atoms with Gasteiger partial charge in [-0.2, -0.15) is 0 Å². The summed E-state index contributed by atoms with van der Waals surface area (Å²) < 4.78 is 4.89. The van der Waals surface area contributed by atoms with Crippen molar-refractivity contribution in [2.45, 2.75) is 41.2 Å². The lowest BCUT2D eigenvalue weighted by atomic mass is 10.00. The number of hydrogen-bond acceptors (Lipinski definition) is 4. The number of amides is 1. The van der Waals surface area contributed by atoms with E-state index in [0.29, 0.717) is 24.7 Å². The van der Waals surface area contributed by atoms with E-state index in [1.54, 1.807) is 6.92 Å². The summed E-state index contributed by atoms with van der Waals surface area (Å²) in [6, 6.07) is 6.27. The third-order valence-electron chi connectivity index (χ3n) is 4.09. The number of rotatable bonds is 5. The van der Waals surface area contributed by atoms with Crippen LogP contribution in [0.3, 0.4) is 0 Å². The summed E-state index contributed by atoms with van der Waals surface area (Å²) >= 11 is 0. The standard InChI is InChI=1S/C19H26N4O2.ClH/c1-6-25-19(24)23-17-14(5)9-16(22-18(17)20)21-10-15-12(3)7-11(2)8-13(15)4;/h7-9H,6,10H2,1-5H3,(H,23,24)(H3,20,21,22);1H. The van der Waals surface area contributed by atoms with Gasteiger partial charge in [0.25, 0.3) is 0 Å². The predicted octanol–water partition coefficient (Wildman–Crippen LogP) is 0.501. The average molecular weight is 379 g/mol. The zero-order valence-electron chi connectivity index (χ0n) is 15.9. The zero-order valence-corrected chi connectivity index (χ0v) is 16.7. The Kier molecular flexibility index (Phi) is 7.71. The molecule has 0 aliphatic carbocycles. The Balaban J connectivity index is 0.00000338. The van der Waals surface area contributed by atoms with Crippen LogP contribution < -0.4 is 33.8 Å². The van der Waals surface area contributed by atoms with Crippen LogP contribution in [0, 0.1) is 27.7 Å². The van der Waals surface area contributed by atoms with Crippen LogP contribution in [-0.4, -0.2) is 12.7 Å². The van der Waals surface area contributed by atoms with E-state index in [2.05, 4.69) is 48.5 Å². The number of nitrogen functional groups attached to an aromatic ring is 1. The van der Waals surface area contributed by atoms with E-state index in [0.717, 1.165) is 11.4 Å². The maximum absolute atomic E-state index is 11.6. The highest BCUT2D eigenvalue weighted by atomic mass is 35.5. The highest BCUT2D eigenvalue weighted by Crippen LogP contribution is 2.22. The molecule has 142 valence electrons. The van der Waals surface area contributed by atoms with Crippen LogP contribution in [0.1, 0.15) is 34.7 Å². The van der Waals surface area contributed by atoms with Gasteiger partial charge in [-0.05, 0) is 56.9 Å². The van der Waals surface area contributed by atoms with Crippen molar-refractivity contribution in [3.63, 3.8) is 0 Å². The number of ether oxygens (including phenoxy) is 1. The molecule has 1 heterocycles. The molecule has 0 aliphatic heterocycles. The van der Waals surface area contributed by atoms with Crippen LogP contribution >= 0.6 is 0 Å². The predicted molar refractivity (Wildman–Crippen MR) is 101 cm³/mol. The van der Waals surface area contributed by atoms with Crippen molar-refractivity contribution in [1.82, 2.24) is 0 Å². The Morgan fingerprint density at radius 3 is 2.27 bits per heavy atom. The minimum atomic E-state index is -0.516. The number of aromatic amines is 1. The molecule has 0 aliphatic rings. The van der Waals surface area contributed by atoms with Crippen LogP contribution in [0.5, 0.6) is 0 Å². The van der Waals surface area contributed by atoms with E-state index < -0.39 is 6.09 Å². The number of nitrogens with two attached hydrogens (primary N) is 1. The fourth-order valence-corrected chi connectivity index (χ4v) is 2.95. The second kappa shape index (κ2) is 9.29. The number of aromatic nitrogens is 1. The molecule has 2 aromatic rings.